The van der Waals surface area contributed by atoms with E-state index in [-0.39, 0.29) is 10.5 Å². The van der Waals surface area contributed by atoms with E-state index in [1.54, 1.807) is 29.2 Å². The lowest BCUT2D eigenvalue weighted by molar-refractivity contribution is -0.0258. The van der Waals surface area contributed by atoms with Crippen LogP contribution in [0.3, 0.4) is 0 Å². The van der Waals surface area contributed by atoms with Crippen LogP contribution >= 0.6 is 15.9 Å². The minimum absolute atomic E-state index is 0.0474. The predicted octanol–water partition coefficient (Wildman–Crippen LogP) is 3.07. The van der Waals surface area contributed by atoms with Crippen molar-refractivity contribution in [3.63, 3.8) is 0 Å². The zero-order valence-electron chi connectivity index (χ0n) is 15.0. The van der Waals surface area contributed by atoms with Crippen molar-refractivity contribution < 1.29 is 18.0 Å². The van der Waals surface area contributed by atoms with E-state index in [4.69, 9.17) is 4.84 Å². The number of carbonyl (C=O) groups is 1. The lowest BCUT2D eigenvalue weighted by atomic mass is 10.2. The van der Waals surface area contributed by atoms with Crippen LogP contribution in [0.4, 0.5) is 5.69 Å². The summed E-state index contributed by atoms with van der Waals surface area (Å²) in [7, 11) is -1.33. The Morgan fingerprint density at radius 3 is 2.64 bits per heavy atom. The molecule has 146 valence electrons. The minimum atomic E-state index is -3.85. The largest absolute Gasteiger partial charge is 0.320 e. The second-order valence-corrected chi connectivity index (χ2v) is 8.55. The number of nitrogens with one attached hydrogen (secondary N) is 1. The Bertz CT molecular complexity index is 1110. The summed E-state index contributed by atoms with van der Waals surface area (Å²) in [5.74, 6) is -0.448. The standard InChI is InChI=1S/C18H17BrN4O4S/c1-22(27-2)28(25,26)15-7-5-6-13(10-15)18(24)21-16-8-3-4-9-17(16)23-12-14(19)11-20-23/h3-12H,1-2H3,(H,21,24). The van der Waals surface area contributed by atoms with Gasteiger partial charge in [-0.1, -0.05) is 22.7 Å². The van der Waals surface area contributed by atoms with Crippen LogP contribution < -0.4 is 5.32 Å². The van der Waals surface area contributed by atoms with Gasteiger partial charge in [0.1, 0.15) is 0 Å². The van der Waals surface area contributed by atoms with Gasteiger partial charge in [-0.3, -0.25) is 9.63 Å². The van der Waals surface area contributed by atoms with Crippen molar-refractivity contribution >= 4 is 37.5 Å². The Morgan fingerprint density at radius 2 is 1.96 bits per heavy atom. The second kappa shape index (κ2) is 8.23. The number of carbonyl (C=O) groups excluding carboxylic acids is 1. The van der Waals surface area contributed by atoms with Crippen LogP contribution in [0.1, 0.15) is 10.4 Å². The molecular formula is C18H17BrN4O4S. The SMILES string of the molecule is CON(C)S(=O)(=O)c1cccc(C(=O)Nc2ccccc2-n2cc(Br)cn2)c1. The maximum Gasteiger partial charge on any atom is 0.264 e. The monoisotopic (exact) mass is 464 g/mol. The molecule has 0 atom stereocenters. The Hall–Kier alpha value is -2.53. The number of para-hydroxylation sites is 2. The number of benzene rings is 2. The van der Waals surface area contributed by atoms with Crippen LogP contribution in [-0.2, 0) is 14.9 Å². The fraction of sp³-hybridized carbons (Fsp3) is 0.111. The van der Waals surface area contributed by atoms with Gasteiger partial charge < -0.3 is 5.32 Å². The summed E-state index contributed by atoms with van der Waals surface area (Å²) < 4.78 is 27.9. The van der Waals surface area contributed by atoms with Crippen LogP contribution in [0.15, 0.2) is 70.3 Å². The number of aromatic nitrogens is 2. The van der Waals surface area contributed by atoms with Crippen molar-refractivity contribution in [2.24, 2.45) is 0 Å². The van der Waals surface area contributed by atoms with Gasteiger partial charge in [-0.25, -0.2) is 13.1 Å². The van der Waals surface area contributed by atoms with Gasteiger partial charge in [0.25, 0.3) is 15.9 Å². The lowest BCUT2D eigenvalue weighted by Gasteiger charge is -2.15. The van der Waals surface area contributed by atoms with Gasteiger partial charge in [-0.15, -0.1) is 0 Å². The predicted molar refractivity (Wildman–Crippen MR) is 108 cm³/mol. The topological polar surface area (TPSA) is 93.5 Å². The first-order chi connectivity index (χ1) is 13.3. The third-order valence-corrected chi connectivity index (χ3v) is 6.03. The van der Waals surface area contributed by atoms with Gasteiger partial charge in [0.15, 0.2) is 0 Å². The normalized spacial score (nSPS) is 11.6. The molecule has 1 heterocycles. The van der Waals surface area contributed by atoms with Crippen molar-refractivity contribution in [2.75, 3.05) is 19.5 Å². The molecule has 8 nitrogen and oxygen atoms in total. The molecule has 10 heteroatoms. The zero-order chi connectivity index (χ0) is 20.3. The van der Waals surface area contributed by atoms with Crippen LogP contribution in [0.5, 0.6) is 0 Å². The van der Waals surface area contributed by atoms with Crippen molar-refractivity contribution in [1.82, 2.24) is 14.2 Å². The first kappa shape index (κ1) is 20.2. The first-order valence-corrected chi connectivity index (χ1v) is 10.3. The molecule has 0 aliphatic heterocycles. The highest BCUT2D eigenvalue weighted by atomic mass is 79.9. The van der Waals surface area contributed by atoms with Crippen molar-refractivity contribution in [1.29, 1.82) is 0 Å². The molecule has 0 radical (unpaired) electrons. The Balaban J connectivity index is 1.90. The molecule has 0 spiro atoms. The molecule has 0 saturated carbocycles. The molecule has 3 aromatic rings. The number of hydrogen-bond acceptors (Lipinski definition) is 5. The van der Waals surface area contributed by atoms with Crippen LogP contribution in [0, 0.1) is 0 Å². The van der Waals surface area contributed by atoms with Gasteiger partial charge in [-0.05, 0) is 46.3 Å². The second-order valence-electron chi connectivity index (χ2n) is 5.70. The molecule has 1 N–H and O–H groups in total. The molecular weight excluding hydrogens is 448 g/mol. The highest BCUT2D eigenvalue weighted by molar-refractivity contribution is 9.10. The Morgan fingerprint density at radius 1 is 1.21 bits per heavy atom. The molecule has 0 fully saturated rings. The van der Waals surface area contributed by atoms with E-state index in [9.17, 15) is 13.2 Å². The fourth-order valence-corrected chi connectivity index (χ4v) is 3.76. The number of hydroxylamine groups is 1. The average Bonchev–Trinajstić information content (AvgIpc) is 3.13. The molecule has 28 heavy (non-hydrogen) atoms. The van der Waals surface area contributed by atoms with Crippen molar-refractivity contribution in [2.45, 2.75) is 4.90 Å². The summed E-state index contributed by atoms with van der Waals surface area (Å²) in [6.07, 6.45) is 3.40. The van der Waals surface area contributed by atoms with Gasteiger partial charge in [0, 0.05) is 18.8 Å². The summed E-state index contributed by atoms with van der Waals surface area (Å²) in [4.78, 5) is 17.4. The highest BCUT2D eigenvalue weighted by Crippen LogP contribution is 2.22. The van der Waals surface area contributed by atoms with Gasteiger partial charge >= 0.3 is 0 Å². The zero-order valence-corrected chi connectivity index (χ0v) is 17.4. The number of anilines is 1. The molecule has 0 aliphatic rings. The summed E-state index contributed by atoms with van der Waals surface area (Å²) >= 11 is 3.34. The molecule has 0 saturated heterocycles. The molecule has 2 aromatic carbocycles. The molecule has 3 rings (SSSR count). The first-order valence-electron chi connectivity index (χ1n) is 8.07. The summed E-state index contributed by atoms with van der Waals surface area (Å²) in [5, 5.41) is 7.02. The molecule has 0 bridgehead atoms. The van der Waals surface area contributed by atoms with E-state index in [0.717, 1.165) is 8.94 Å². The minimum Gasteiger partial charge on any atom is -0.320 e. The van der Waals surface area contributed by atoms with E-state index in [0.29, 0.717) is 11.4 Å². The Kier molecular flexibility index (Phi) is 5.94. The summed E-state index contributed by atoms with van der Waals surface area (Å²) in [5.41, 5.74) is 1.40. The van der Waals surface area contributed by atoms with Crippen molar-refractivity contribution in [3.8, 4) is 5.69 Å². The smallest absolute Gasteiger partial charge is 0.264 e. The van der Waals surface area contributed by atoms with Crippen LogP contribution in [-0.4, -0.2) is 42.7 Å². The number of rotatable bonds is 6. The number of halogens is 1. The number of nitrogens with zero attached hydrogens (tertiary/aromatic N) is 3. The number of sulfonamides is 1. The van der Waals surface area contributed by atoms with Crippen molar-refractivity contribution in [3.05, 3.63) is 71.0 Å². The summed E-state index contributed by atoms with van der Waals surface area (Å²) in [6, 6.07) is 12.9. The van der Waals surface area contributed by atoms with Crippen LogP contribution in [0.2, 0.25) is 0 Å². The lowest BCUT2D eigenvalue weighted by Crippen LogP contribution is -2.26. The number of amides is 1. The van der Waals surface area contributed by atoms with E-state index in [1.807, 2.05) is 12.1 Å². The van der Waals surface area contributed by atoms with Crippen LogP contribution in [0.25, 0.3) is 5.69 Å². The fourth-order valence-electron chi connectivity index (χ4n) is 2.45. The summed E-state index contributed by atoms with van der Waals surface area (Å²) in [6.45, 7) is 0. The number of hydrogen-bond donors (Lipinski definition) is 1. The van der Waals surface area contributed by atoms with Gasteiger partial charge in [0.2, 0.25) is 0 Å². The molecule has 1 amide bonds. The maximum atomic E-state index is 12.7. The Labute approximate surface area is 170 Å². The average molecular weight is 465 g/mol. The third kappa shape index (κ3) is 4.14. The molecule has 0 unspecified atom stereocenters. The maximum absolute atomic E-state index is 12.7. The van der Waals surface area contributed by atoms with E-state index >= 15 is 0 Å². The van der Waals surface area contributed by atoms with Gasteiger partial charge in [-0.2, -0.15) is 5.10 Å². The third-order valence-electron chi connectivity index (χ3n) is 3.94. The molecule has 0 aliphatic carbocycles. The van der Waals surface area contributed by atoms with E-state index in [1.165, 1.54) is 38.4 Å². The van der Waals surface area contributed by atoms with E-state index < -0.39 is 15.9 Å². The molecule has 1 aromatic heterocycles. The quantitative estimate of drug-likeness (QED) is 0.565. The highest BCUT2D eigenvalue weighted by Gasteiger charge is 2.22. The van der Waals surface area contributed by atoms with Gasteiger partial charge in [0.05, 0.1) is 34.0 Å². The van der Waals surface area contributed by atoms with E-state index in [2.05, 4.69) is 26.3 Å².